The van der Waals surface area contributed by atoms with Crippen LogP contribution in [0.2, 0.25) is 0 Å². The van der Waals surface area contributed by atoms with Gasteiger partial charge in [0.15, 0.2) is 0 Å². The number of hydrogen-bond donors (Lipinski definition) is 0. The van der Waals surface area contributed by atoms with Crippen molar-refractivity contribution >= 4 is 17.4 Å². The molecule has 0 amide bonds. The van der Waals surface area contributed by atoms with Crippen molar-refractivity contribution in [1.82, 2.24) is 0 Å². The van der Waals surface area contributed by atoms with Crippen LogP contribution in [0.1, 0.15) is 13.8 Å². The molecular weight excluding hydrogens is 146 g/mol. The van der Waals surface area contributed by atoms with Gasteiger partial charge in [-0.05, 0) is 0 Å². The molecule has 0 spiro atoms. The van der Waals surface area contributed by atoms with Crippen LogP contribution in [0.3, 0.4) is 0 Å². The quantitative estimate of drug-likeness (QED) is 0.234. The molecule has 0 heterocycles. The van der Waals surface area contributed by atoms with Crippen molar-refractivity contribution in [3.63, 3.8) is 0 Å². The fourth-order valence-electron chi connectivity index (χ4n) is 0. The summed E-state index contributed by atoms with van der Waals surface area (Å²) in [7, 11) is 0. The van der Waals surface area contributed by atoms with Crippen molar-refractivity contribution < 1.29 is 29.6 Å². The van der Waals surface area contributed by atoms with Gasteiger partial charge in [-0.15, -0.1) is 0 Å². The predicted octanol–water partition coefficient (Wildman–Crippen LogP) is -1.28. The van der Waals surface area contributed by atoms with Gasteiger partial charge in [0.1, 0.15) is 0 Å². The van der Waals surface area contributed by atoms with E-state index in [1.54, 1.807) is 13.8 Å². The summed E-state index contributed by atoms with van der Waals surface area (Å²) in [5.74, 6) is 0. The second-order valence-electron chi connectivity index (χ2n) is 0. The Bertz CT molecular complexity index is 24.7. The third-order valence-corrected chi connectivity index (χ3v) is 0. The first-order valence-corrected chi connectivity index (χ1v) is 1.99. The van der Waals surface area contributed by atoms with E-state index in [0.717, 1.165) is 0 Å². The van der Waals surface area contributed by atoms with Gasteiger partial charge >= 0.3 is 46.9 Å². The molecule has 0 fully saturated rings. The van der Waals surface area contributed by atoms with Gasteiger partial charge in [0.05, 0.1) is 0 Å². The third kappa shape index (κ3) is 1190. The molecule has 0 N–H and O–H groups in total. The average molecular weight is 158 g/mol. The van der Waals surface area contributed by atoms with E-state index < -0.39 is 0 Å². The maximum absolute atomic E-state index is 5.25. The first kappa shape index (κ1) is 45.9. The van der Waals surface area contributed by atoms with E-state index in [1.165, 1.54) is 0 Å². The van der Waals surface area contributed by atoms with Crippen molar-refractivity contribution in [3.8, 4) is 12.8 Å². The Balaban J connectivity index is -0.00000000500. The molecule has 0 aliphatic carbocycles. The van der Waals surface area contributed by atoms with Gasteiger partial charge in [-0.3, -0.25) is 0 Å². The maximum atomic E-state index is 5.25. The second-order valence-corrected chi connectivity index (χ2v) is 0. The molecule has 0 aromatic heterocycles. The minimum absolute atomic E-state index is 0. The van der Waals surface area contributed by atoms with E-state index in [-0.39, 0.29) is 46.9 Å². The molecule has 0 unspecified atom stereocenters. The molecule has 48 valence electrons. The van der Waals surface area contributed by atoms with Gasteiger partial charge in [0, 0.05) is 0 Å². The van der Waals surface area contributed by atoms with E-state index in [0.29, 0.717) is 0 Å². The predicted molar refractivity (Wildman–Crippen MR) is 44.2 cm³/mol. The van der Waals surface area contributed by atoms with Gasteiger partial charge in [0.25, 0.3) is 0 Å². The molecule has 0 rings (SSSR count). The zero-order valence-corrected chi connectivity index (χ0v) is 10.3. The molecule has 0 aliphatic heterocycles. The second kappa shape index (κ2) is 1700. The Hall–Kier alpha value is 0.652. The molecule has 0 aromatic carbocycles. The van der Waals surface area contributed by atoms with Gasteiger partial charge in [-0.1, -0.05) is 0 Å². The Kier molecular flexibility index (Phi) is 7780. The van der Waals surface area contributed by atoms with E-state index in [4.69, 9.17) is 12.8 Å². The zero-order chi connectivity index (χ0) is 8.00. The van der Waals surface area contributed by atoms with Crippen molar-refractivity contribution in [2.45, 2.75) is 13.8 Å². The smallest absolute Gasteiger partial charge is 0.697 e. The zero-order valence-electron chi connectivity index (χ0n) is 7.15. The van der Waals surface area contributed by atoms with E-state index >= 15 is 0 Å². The average Bonchev–Trinajstić information content (AvgIpc) is 2.03. The molecule has 0 saturated carbocycles. The summed E-state index contributed by atoms with van der Waals surface area (Å²) in [6, 6.07) is 0. The van der Waals surface area contributed by atoms with Gasteiger partial charge in [-0.2, -0.15) is 13.8 Å². The van der Waals surface area contributed by atoms with Crippen LogP contribution in [0.4, 0.5) is 0 Å². The van der Waals surface area contributed by atoms with Crippen LogP contribution in [0.25, 0.3) is 0 Å². The van der Waals surface area contributed by atoms with Crippen LogP contribution in [0.5, 0.6) is 0 Å². The maximum Gasteiger partial charge on any atom is 3.00 e. The van der Waals surface area contributed by atoms with Crippen molar-refractivity contribution in [2.75, 3.05) is 0 Å². The number of hydrogen-bond acceptors (Lipinski definition) is 0. The standard InChI is InChI=1S/2C2H5.2C2H.Al.Na/c4*1-2;;/h2*1H2,2H3;2*1H;;/q4*-1;+3;+1. The summed E-state index contributed by atoms with van der Waals surface area (Å²) in [5.41, 5.74) is 0. The summed E-state index contributed by atoms with van der Waals surface area (Å²) in [6.45, 7) is 10.0. The molecule has 0 saturated heterocycles. The first-order valence-electron chi connectivity index (χ1n) is 1.99. The van der Waals surface area contributed by atoms with Crippen molar-refractivity contribution in [3.05, 3.63) is 26.7 Å². The van der Waals surface area contributed by atoms with E-state index in [1.807, 2.05) is 0 Å². The van der Waals surface area contributed by atoms with Crippen LogP contribution >= 0.6 is 0 Å². The van der Waals surface area contributed by atoms with Crippen LogP contribution in [0, 0.1) is 39.5 Å². The molecule has 0 bridgehead atoms. The van der Waals surface area contributed by atoms with Gasteiger partial charge < -0.3 is 39.5 Å². The SMILES string of the molecule is [Al+3].[C-]#C.[C-]#C.[CH2-]C.[CH2-]C.[Na+]. The molecule has 0 aromatic rings. The van der Waals surface area contributed by atoms with Gasteiger partial charge in [-0.25, -0.2) is 0 Å². The molecule has 0 aliphatic rings. The Morgan fingerprint density at radius 1 is 0.800 bits per heavy atom. The van der Waals surface area contributed by atoms with E-state index in [2.05, 4.69) is 26.7 Å². The fraction of sp³-hybridized carbons (Fsp3) is 0.250. The topological polar surface area (TPSA) is 0 Å². The monoisotopic (exact) mass is 158 g/mol. The van der Waals surface area contributed by atoms with Crippen LogP contribution in [-0.4, -0.2) is 17.4 Å². The summed E-state index contributed by atoms with van der Waals surface area (Å²) in [6.07, 6.45) is 18.0. The Labute approximate surface area is 99.6 Å². The van der Waals surface area contributed by atoms with Crippen LogP contribution in [0.15, 0.2) is 0 Å². The summed E-state index contributed by atoms with van der Waals surface area (Å²) in [5, 5.41) is 0. The Morgan fingerprint density at radius 2 is 0.800 bits per heavy atom. The largest absolute Gasteiger partial charge is 3.00 e. The molecule has 0 radical (unpaired) electrons. The third-order valence-electron chi connectivity index (χ3n) is 0. The molecule has 0 nitrogen and oxygen atoms in total. The summed E-state index contributed by atoms with van der Waals surface area (Å²) >= 11 is 0. The summed E-state index contributed by atoms with van der Waals surface area (Å²) in [4.78, 5) is 0. The van der Waals surface area contributed by atoms with Gasteiger partial charge in [0.2, 0.25) is 0 Å². The Morgan fingerprint density at radius 3 is 0.800 bits per heavy atom. The van der Waals surface area contributed by atoms with Crippen LogP contribution in [-0.2, 0) is 0 Å². The molecule has 10 heavy (non-hydrogen) atoms. The van der Waals surface area contributed by atoms with E-state index in [9.17, 15) is 0 Å². The minimum Gasteiger partial charge on any atom is -0.697 e. The number of rotatable bonds is 0. The fourth-order valence-corrected chi connectivity index (χ4v) is 0. The number of terminal acetylenes is 2. The molecular formula is C8H12AlNa. The molecule has 0 atom stereocenters. The van der Waals surface area contributed by atoms with Crippen LogP contribution < -0.4 is 29.6 Å². The van der Waals surface area contributed by atoms with Crippen molar-refractivity contribution in [1.29, 1.82) is 0 Å². The van der Waals surface area contributed by atoms with Crippen molar-refractivity contribution in [2.24, 2.45) is 0 Å². The minimum atomic E-state index is 0. The summed E-state index contributed by atoms with van der Waals surface area (Å²) < 4.78 is 0. The first-order chi connectivity index (χ1) is 4.00. The molecule has 2 heteroatoms. The normalized spacial score (nSPS) is 1.60.